The molecule has 0 saturated heterocycles. The first-order valence-corrected chi connectivity index (χ1v) is 7.15. The molecular weight excluding hydrogens is 260 g/mol. The summed E-state index contributed by atoms with van der Waals surface area (Å²) in [6, 6.07) is 9.50. The molecule has 4 nitrogen and oxygen atoms in total. The van der Waals surface area contributed by atoms with Gasteiger partial charge in [-0.2, -0.15) is 0 Å². The lowest BCUT2D eigenvalue weighted by Gasteiger charge is -2.20. The van der Waals surface area contributed by atoms with Crippen LogP contribution in [-0.4, -0.2) is 22.3 Å². The van der Waals surface area contributed by atoms with E-state index in [-0.39, 0.29) is 6.04 Å². The first-order valence-electron chi connectivity index (χ1n) is 6.34. The van der Waals surface area contributed by atoms with Crippen molar-refractivity contribution in [2.24, 2.45) is 11.7 Å². The largest absolute Gasteiger partial charge is 0.350 e. The molecule has 1 heterocycles. The van der Waals surface area contributed by atoms with Crippen molar-refractivity contribution in [2.75, 3.05) is 0 Å². The van der Waals surface area contributed by atoms with Crippen LogP contribution in [0, 0.1) is 5.92 Å². The monoisotopic (exact) mass is 276 g/mol. The summed E-state index contributed by atoms with van der Waals surface area (Å²) in [5, 5.41) is 11.5. The molecule has 2 amide bonds. The second-order valence-electron chi connectivity index (χ2n) is 5.12. The summed E-state index contributed by atoms with van der Waals surface area (Å²) < 4.78 is 1.28. The summed E-state index contributed by atoms with van der Waals surface area (Å²) in [4.78, 5) is 12.3. The van der Waals surface area contributed by atoms with Gasteiger partial charge in [0.25, 0.3) is 0 Å². The molecule has 1 aliphatic rings. The van der Waals surface area contributed by atoms with Crippen LogP contribution in [0.25, 0.3) is 10.1 Å². The Hall–Kier alpha value is -1.59. The number of hydrogen-bond acceptors (Lipinski definition) is 3. The maximum absolute atomic E-state index is 11.0. The van der Waals surface area contributed by atoms with Crippen LogP contribution in [0.4, 0.5) is 4.79 Å². The third-order valence-corrected chi connectivity index (χ3v) is 5.13. The fraction of sp³-hybridized carbons (Fsp3) is 0.357. The molecule has 3 unspecified atom stereocenters. The van der Waals surface area contributed by atoms with Crippen molar-refractivity contribution in [1.82, 2.24) is 5.06 Å². The van der Waals surface area contributed by atoms with E-state index in [1.807, 2.05) is 19.1 Å². The number of thiophene rings is 1. The predicted molar refractivity (Wildman–Crippen MR) is 75.3 cm³/mol. The second kappa shape index (κ2) is 4.51. The van der Waals surface area contributed by atoms with E-state index >= 15 is 0 Å². The van der Waals surface area contributed by atoms with Crippen LogP contribution in [0.2, 0.25) is 0 Å². The highest BCUT2D eigenvalue weighted by atomic mass is 32.1. The summed E-state index contributed by atoms with van der Waals surface area (Å²) in [7, 11) is 0. The van der Waals surface area contributed by atoms with Gasteiger partial charge in [0, 0.05) is 9.58 Å². The number of hydroxylamine groups is 2. The van der Waals surface area contributed by atoms with Gasteiger partial charge in [0.05, 0.1) is 6.04 Å². The fourth-order valence-corrected chi connectivity index (χ4v) is 3.90. The molecule has 1 saturated carbocycles. The summed E-state index contributed by atoms with van der Waals surface area (Å²) in [6.07, 6.45) is 0.998. The maximum Gasteiger partial charge on any atom is 0.338 e. The predicted octanol–water partition coefficient (Wildman–Crippen LogP) is 3.16. The molecule has 0 aliphatic heterocycles. The van der Waals surface area contributed by atoms with Gasteiger partial charge < -0.3 is 5.73 Å². The number of urea groups is 1. The average molecular weight is 276 g/mol. The molecule has 1 aromatic heterocycles. The fourth-order valence-electron chi connectivity index (χ4n) is 2.64. The SMILES string of the molecule is CC(C1CC1c1cc2ccccc2s1)N(O)C(N)=O. The van der Waals surface area contributed by atoms with Gasteiger partial charge in [-0.1, -0.05) is 18.2 Å². The van der Waals surface area contributed by atoms with Crippen molar-refractivity contribution in [3.05, 3.63) is 35.2 Å². The van der Waals surface area contributed by atoms with Gasteiger partial charge in [0.2, 0.25) is 0 Å². The summed E-state index contributed by atoms with van der Waals surface area (Å²) >= 11 is 1.79. The molecular formula is C14H16N2O2S. The first-order chi connectivity index (χ1) is 9.08. The standard InChI is InChI=1S/C14H16N2O2S/c1-8(16(18)14(15)17)10-7-11(10)13-6-9-4-2-3-5-12(9)19-13/h2-6,8,10-11,18H,7H2,1H3,(H2,15,17). The molecule has 3 N–H and O–H groups in total. The number of amides is 2. The average Bonchev–Trinajstić information content (AvgIpc) is 3.08. The minimum atomic E-state index is -0.783. The van der Waals surface area contributed by atoms with Gasteiger partial charge in [0.15, 0.2) is 0 Å². The number of nitrogens with zero attached hydrogens (tertiary/aromatic N) is 1. The molecule has 1 fully saturated rings. The van der Waals surface area contributed by atoms with Crippen LogP contribution < -0.4 is 5.73 Å². The second-order valence-corrected chi connectivity index (χ2v) is 6.23. The minimum Gasteiger partial charge on any atom is -0.350 e. The van der Waals surface area contributed by atoms with Crippen molar-refractivity contribution in [3.63, 3.8) is 0 Å². The molecule has 3 atom stereocenters. The van der Waals surface area contributed by atoms with Crippen molar-refractivity contribution < 1.29 is 10.0 Å². The topological polar surface area (TPSA) is 66.6 Å². The van der Waals surface area contributed by atoms with Crippen LogP contribution in [0.1, 0.15) is 24.1 Å². The first kappa shape index (κ1) is 12.4. The lowest BCUT2D eigenvalue weighted by molar-refractivity contribution is -0.0759. The number of rotatable bonds is 3. The third-order valence-electron chi connectivity index (χ3n) is 3.88. The molecule has 5 heteroatoms. The molecule has 19 heavy (non-hydrogen) atoms. The molecule has 3 rings (SSSR count). The molecule has 1 aromatic carbocycles. The number of nitrogens with two attached hydrogens (primary N) is 1. The van der Waals surface area contributed by atoms with Crippen molar-refractivity contribution in [3.8, 4) is 0 Å². The van der Waals surface area contributed by atoms with Crippen LogP contribution >= 0.6 is 11.3 Å². The number of hydrogen-bond donors (Lipinski definition) is 2. The van der Waals surface area contributed by atoms with E-state index in [2.05, 4.69) is 18.2 Å². The molecule has 0 spiro atoms. The molecule has 0 bridgehead atoms. The summed E-state index contributed by atoms with van der Waals surface area (Å²) in [6.45, 7) is 1.84. The van der Waals surface area contributed by atoms with E-state index in [0.717, 1.165) is 6.42 Å². The van der Waals surface area contributed by atoms with Crippen LogP contribution in [0.3, 0.4) is 0 Å². The Bertz CT molecular complexity index is 592. The Kier molecular flexibility index (Phi) is 2.95. The van der Waals surface area contributed by atoms with E-state index in [4.69, 9.17) is 5.73 Å². The Morgan fingerprint density at radius 1 is 1.53 bits per heavy atom. The van der Waals surface area contributed by atoms with Gasteiger partial charge in [0.1, 0.15) is 0 Å². The van der Waals surface area contributed by atoms with Gasteiger partial charge >= 0.3 is 6.03 Å². The zero-order valence-corrected chi connectivity index (χ0v) is 11.4. The quantitative estimate of drug-likeness (QED) is 0.668. The molecule has 0 radical (unpaired) electrons. The van der Waals surface area contributed by atoms with E-state index in [0.29, 0.717) is 16.9 Å². The maximum atomic E-state index is 11.0. The van der Waals surface area contributed by atoms with Gasteiger partial charge in [-0.25, -0.2) is 9.86 Å². The Morgan fingerprint density at radius 2 is 2.26 bits per heavy atom. The Morgan fingerprint density at radius 3 is 2.95 bits per heavy atom. The molecule has 1 aliphatic carbocycles. The number of primary amides is 1. The highest BCUT2D eigenvalue weighted by Gasteiger charge is 2.45. The van der Waals surface area contributed by atoms with Gasteiger partial charge in [-0.3, -0.25) is 5.21 Å². The van der Waals surface area contributed by atoms with E-state index in [1.165, 1.54) is 15.0 Å². The summed E-state index contributed by atoms with van der Waals surface area (Å²) in [5.74, 6) is 0.729. The zero-order chi connectivity index (χ0) is 13.6. The number of benzene rings is 1. The van der Waals surface area contributed by atoms with Crippen LogP contribution in [0.15, 0.2) is 30.3 Å². The Balaban J connectivity index is 1.77. The lowest BCUT2D eigenvalue weighted by atomic mass is 10.1. The Labute approximate surface area is 115 Å². The highest BCUT2D eigenvalue weighted by Crippen LogP contribution is 2.53. The molecule has 2 aromatic rings. The van der Waals surface area contributed by atoms with E-state index < -0.39 is 6.03 Å². The summed E-state index contributed by atoms with van der Waals surface area (Å²) in [5.41, 5.74) is 5.09. The zero-order valence-electron chi connectivity index (χ0n) is 10.6. The minimum absolute atomic E-state index is 0.229. The lowest BCUT2D eigenvalue weighted by Crippen LogP contribution is -2.40. The van der Waals surface area contributed by atoms with Gasteiger partial charge in [-0.15, -0.1) is 11.3 Å². The van der Waals surface area contributed by atoms with Crippen LogP contribution in [-0.2, 0) is 0 Å². The normalized spacial score (nSPS) is 23.3. The van der Waals surface area contributed by atoms with E-state index in [9.17, 15) is 10.0 Å². The van der Waals surface area contributed by atoms with Crippen molar-refractivity contribution in [1.29, 1.82) is 0 Å². The number of fused-ring (bicyclic) bond motifs is 1. The highest BCUT2D eigenvalue weighted by molar-refractivity contribution is 7.19. The van der Waals surface area contributed by atoms with Crippen molar-refractivity contribution >= 4 is 27.5 Å². The van der Waals surface area contributed by atoms with E-state index in [1.54, 1.807) is 11.3 Å². The molecule has 100 valence electrons. The third kappa shape index (κ3) is 2.19. The smallest absolute Gasteiger partial charge is 0.338 e. The van der Waals surface area contributed by atoms with Crippen molar-refractivity contribution in [2.45, 2.75) is 25.3 Å². The number of carbonyl (C=O) groups excluding carboxylic acids is 1. The van der Waals surface area contributed by atoms with Crippen LogP contribution in [0.5, 0.6) is 0 Å². The van der Waals surface area contributed by atoms with Gasteiger partial charge in [-0.05, 0) is 42.7 Å². The number of carbonyl (C=O) groups is 1.